The lowest BCUT2D eigenvalue weighted by atomic mass is 10.1. The number of hydrogen-bond acceptors (Lipinski definition) is 3. The van der Waals surface area contributed by atoms with Gasteiger partial charge >= 0.3 is 12.1 Å². The Balaban J connectivity index is 2.70. The molecule has 0 saturated carbocycles. The third-order valence-electron chi connectivity index (χ3n) is 2.26. The zero-order valence-electron chi connectivity index (χ0n) is 10.7. The summed E-state index contributed by atoms with van der Waals surface area (Å²) in [5, 5.41) is 11.5. The quantitative estimate of drug-likeness (QED) is 0.862. The topological polar surface area (TPSA) is 75.6 Å². The lowest BCUT2D eigenvalue weighted by Gasteiger charge is -2.10. The summed E-state index contributed by atoms with van der Waals surface area (Å²) in [5.41, 5.74) is 1.21. The Morgan fingerprint density at radius 2 is 2.06 bits per heavy atom. The maximum absolute atomic E-state index is 11.4. The second-order valence-corrected chi connectivity index (χ2v) is 4.45. The van der Waals surface area contributed by atoms with E-state index in [2.05, 4.69) is 5.32 Å². The summed E-state index contributed by atoms with van der Waals surface area (Å²) in [6, 6.07) is 4.69. The number of carboxylic acid groups (broad SMARTS) is 1. The predicted molar refractivity (Wildman–Crippen MR) is 67.9 cm³/mol. The maximum atomic E-state index is 11.4. The van der Waals surface area contributed by atoms with Gasteiger partial charge in [-0.05, 0) is 30.5 Å². The SMILES string of the molecule is Cc1ccc(NC(=O)OCC(C)C)cc1C(=O)O. The molecule has 1 aromatic rings. The molecule has 0 spiro atoms. The van der Waals surface area contributed by atoms with Crippen LogP contribution in [-0.2, 0) is 4.74 Å². The first-order valence-corrected chi connectivity index (χ1v) is 5.68. The molecule has 0 atom stereocenters. The minimum absolute atomic E-state index is 0.164. The molecule has 1 rings (SSSR count). The van der Waals surface area contributed by atoms with Gasteiger partial charge in [-0.3, -0.25) is 5.32 Å². The second kappa shape index (κ2) is 6.05. The molecular weight excluding hydrogens is 234 g/mol. The molecular formula is C13H17NO4. The average Bonchev–Trinajstić information content (AvgIpc) is 2.28. The molecule has 1 aromatic carbocycles. The fourth-order valence-electron chi connectivity index (χ4n) is 1.33. The van der Waals surface area contributed by atoms with Crippen molar-refractivity contribution in [1.29, 1.82) is 0 Å². The maximum Gasteiger partial charge on any atom is 0.411 e. The minimum atomic E-state index is -1.02. The van der Waals surface area contributed by atoms with Crippen molar-refractivity contribution in [2.24, 2.45) is 5.92 Å². The normalized spacial score (nSPS) is 10.2. The molecule has 0 bridgehead atoms. The number of carboxylic acids is 1. The van der Waals surface area contributed by atoms with Gasteiger partial charge in [-0.15, -0.1) is 0 Å². The van der Waals surface area contributed by atoms with Crippen molar-refractivity contribution in [2.45, 2.75) is 20.8 Å². The van der Waals surface area contributed by atoms with E-state index in [4.69, 9.17) is 9.84 Å². The summed E-state index contributed by atoms with van der Waals surface area (Å²) in [5.74, 6) is -0.768. The molecule has 0 fully saturated rings. The number of amides is 1. The van der Waals surface area contributed by atoms with Crippen molar-refractivity contribution in [1.82, 2.24) is 0 Å². The van der Waals surface area contributed by atoms with Gasteiger partial charge in [0, 0.05) is 5.69 Å². The number of carbonyl (C=O) groups excluding carboxylic acids is 1. The second-order valence-electron chi connectivity index (χ2n) is 4.45. The largest absolute Gasteiger partial charge is 0.478 e. The highest BCUT2D eigenvalue weighted by Crippen LogP contribution is 2.15. The summed E-state index contributed by atoms with van der Waals surface area (Å²) >= 11 is 0. The highest BCUT2D eigenvalue weighted by Gasteiger charge is 2.10. The molecule has 0 aliphatic carbocycles. The molecule has 0 unspecified atom stereocenters. The molecule has 2 N–H and O–H groups in total. The zero-order valence-corrected chi connectivity index (χ0v) is 10.7. The average molecular weight is 251 g/mol. The first kappa shape index (κ1) is 14.0. The van der Waals surface area contributed by atoms with Crippen LogP contribution in [0.3, 0.4) is 0 Å². The molecule has 0 radical (unpaired) electrons. The zero-order chi connectivity index (χ0) is 13.7. The third-order valence-corrected chi connectivity index (χ3v) is 2.26. The van der Waals surface area contributed by atoms with E-state index >= 15 is 0 Å². The number of rotatable bonds is 4. The highest BCUT2D eigenvalue weighted by atomic mass is 16.5. The van der Waals surface area contributed by atoms with Crippen molar-refractivity contribution in [3.05, 3.63) is 29.3 Å². The monoisotopic (exact) mass is 251 g/mol. The number of carbonyl (C=O) groups is 2. The van der Waals surface area contributed by atoms with Gasteiger partial charge in [0.05, 0.1) is 12.2 Å². The molecule has 0 heterocycles. The van der Waals surface area contributed by atoms with Crippen molar-refractivity contribution < 1.29 is 19.4 Å². The van der Waals surface area contributed by atoms with E-state index in [1.54, 1.807) is 19.1 Å². The van der Waals surface area contributed by atoms with Crippen LogP contribution < -0.4 is 5.32 Å². The van der Waals surface area contributed by atoms with Gasteiger partial charge in [0.25, 0.3) is 0 Å². The highest BCUT2D eigenvalue weighted by molar-refractivity contribution is 5.92. The lowest BCUT2D eigenvalue weighted by molar-refractivity contribution is 0.0696. The van der Waals surface area contributed by atoms with Crippen molar-refractivity contribution in [3.63, 3.8) is 0 Å². The van der Waals surface area contributed by atoms with E-state index in [0.717, 1.165) is 0 Å². The van der Waals surface area contributed by atoms with Crippen molar-refractivity contribution in [3.8, 4) is 0 Å². The number of anilines is 1. The van der Waals surface area contributed by atoms with Gasteiger partial charge in [0.1, 0.15) is 0 Å². The van der Waals surface area contributed by atoms with E-state index in [1.807, 2.05) is 13.8 Å². The number of ether oxygens (including phenoxy) is 1. The van der Waals surface area contributed by atoms with Crippen LogP contribution in [0.1, 0.15) is 29.8 Å². The van der Waals surface area contributed by atoms with Crippen LogP contribution >= 0.6 is 0 Å². The van der Waals surface area contributed by atoms with Gasteiger partial charge in [0.15, 0.2) is 0 Å². The van der Waals surface area contributed by atoms with Crippen LogP contribution in [0.2, 0.25) is 0 Å². The number of hydrogen-bond donors (Lipinski definition) is 2. The first-order chi connectivity index (χ1) is 8.40. The molecule has 0 aliphatic heterocycles. The Morgan fingerprint density at radius 3 is 2.61 bits per heavy atom. The van der Waals surface area contributed by atoms with Crippen LogP contribution in [0.5, 0.6) is 0 Å². The smallest absolute Gasteiger partial charge is 0.411 e. The van der Waals surface area contributed by atoms with E-state index < -0.39 is 12.1 Å². The predicted octanol–water partition coefficient (Wildman–Crippen LogP) is 2.90. The molecule has 5 heteroatoms. The molecule has 0 aromatic heterocycles. The number of benzene rings is 1. The van der Waals surface area contributed by atoms with E-state index in [9.17, 15) is 9.59 Å². The summed E-state index contributed by atoms with van der Waals surface area (Å²) in [6.07, 6.45) is -0.580. The van der Waals surface area contributed by atoms with Crippen LogP contribution in [0, 0.1) is 12.8 Å². The third kappa shape index (κ3) is 4.08. The number of aryl methyl sites for hydroxylation is 1. The van der Waals surface area contributed by atoms with E-state index in [0.29, 0.717) is 17.9 Å². The fraction of sp³-hybridized carbons (Fsp3) is 0.385. The van der Waals surface area contributed by atoms with Crippen molar-refractivity contribution in [2.75, 3.05) is 11.9 Å². The Labute approximate surface area is 106 Å². The fourth-order valence-corrected chi connectivity index (χ4v) is 1.33. The van der Waals surface area contributed by atoms with Gasteiger partial charge in [-0.2, -0.15) is 0 Å². The number of aromatic carboxylic acids is 1. The van der Waals surface area contributed by atoms with E-state index in [-0.39, 0.29) is 11.5 Å². The van der Waals surface area contributed by atoms with Crippen LogP contribution in [0.4, 0.5) is 10.5 Å². The molecule has 18 heavy (non-hydrogen) atoms. The van der Waals surface area contributed by atoms with Gasteiger partial charge in [0.2, 0.25) is 0 Å². The van der Waals surface area contributed by atoms with Crippen molar-refractivity contribution >= 4 is 17.7 Å². The van der Waals surface area contributed by atoms with Gasteiger partial charge in [-0.1, -0.05) is 19.9 Å². The molecule has 1 amide bonds. The summed E-state index contributed by atoms with van der Waals surface area (Å²) in [6.45, 7) is 5.89. The molecule has 98 valence electrons. The summed E-state index contributed by atoms with van der Waals surface area (Å²) < 4.78 is 4.94. The number of nitrogens with one attached hydrogen (secondary N) is 1. The van der Waals surface area contributed by atoms with Crippen LogP contribution in [0.15, 0.2) is 18.2 Å². The molecule has 0 aliphatic rings. The Kier molecular flexibility index (Phi) is 4.71. The molecule has 5 nitrogen and oxygen atoms in total. The summed E-state index contributed by atoms with van der Waals surface area (Å²) in [7, 11) is 0. The van der Waals surface area contributed by atoms with E-state index in [1.165, 1.54) is 6.07 Å². The lowest BCUT2D eigenvalue weighted by Crippen LogP contribution is -2.17. The Hall–Kier alpha value is -2.04. The Bertz CT molecular complexity index is 454. The standard InChI is InChI=1S/C13H17NO4/c1-8(2)7-18-13(17)14-10-5-4-9(3)11(6-10)12(15)16/h4-6,8H,7H2,1-3H3,(H,14,17)(H,15,16). The molecule has 0 saturated heterocycles. The van der Waals surface area contributed by atoms with Crippen LogP contribution in [-0.4, -0.2) is 23.8 Å². The summed E-state index contributed by atoms with van der Waals surface area (Å²) in [4.78, 5) is 22.3. The first-order valence-electron chi connectivity index (χ1n) is 5.68. The van der Waals surface area contributed by atoms with Crippen LogP contribution in [0.25, 0.3) is 0 Å². The minimum Gasteiger partial charge on any atom is -0.478 e. The van der Waals surface area contributed by atoms with Gasteiger partial charge in [-0.25, -0.2) is 9.59 Å². The van der Waals surface area contributed by atoms with Gasteiger partial charge < -0.3 is 9.84 Å². The Morgan fingerprint density at radius 1 is 1.39 bits per heavy atom.